The van der Waals surface area contributed by atoms with Crippen molar-refractivity contribution in [3.63, 3.8) is 0 Å². The average molecular weight is 399 g/mol. The van der Waals surface area contributed by atoms with Gasteiger partial charge in [0.05, 0.1) is 13.2 Å². The lowest BCUT2D eigenvalue weighted by Gasteiger charge is -2.26. The van der Waals surface area contributed by atoms with Crippen LogP contribution in [0, 0.1) is 6.92 Å². The molecule has 0 aliphatic carbocycles. The molecule has 28 heavy (non-hydrogen) atoms. The van der Waals surface area contributed by atoms with Gasteiger partial charge in [0.25, 0.3) is 0 Å². The van der Waals surface area contributed by atoms with Crippen molar-refractivity contribution < 1.29 is 4.74 Å². The van der Waals surface area contributed by atoms with Gasteiger partial charge in [-0.15, -0.1) is 0 Å². The largest absolute Gasteiger partial charge is 0.379 e. The van der Waals surface area contributed by atoms with Crippen molar-refractivity contribution in [3.8, 4) is 0 Å². The third-order valence-electron chi connectivity index (χ3n) is 5.05. The van der Waals surface area contributed by atoms with E-state index in [-0.39, 0.29) is 0 Å². The van der Waals surface area contributed by atoms with Gasteiger partial charge in [-0.1, -0.05) is 24.3 Å². The molecule has 8 heteroatoms. The summed E-state index contributed by atoms with van der Waals surface area (Å²) < 4.78 is 5.37. The number of aryl methyl sites for hydroxylation is 1. The Morgan fingerprint density at radius 3 is 2.57 bits per heavy atom. The Bertz CT molecular complexity index is 814. The zero-order valence-electron chi connectivity index (χ0n) is 16.1. The number of aromatic nitrogens is 2. The summed E-state index contributed by atoms with van der Waals surface area (Å²) in [5, 5.41) is 6.93. The van der Waals surface area contributed by atoms with Crippen LogP contribution in [0.15, 0.2) is 30.3 Å². The first kappa shape index (κ1) is 19.0. The van der Waals surface area contributed by atoms with Gasteiger partial charge in [0.1, 0.15) is 5.82 Å². The van der Waals surface area contributed by atoms with Crippen LogP contribution in [0.4, 0.5) is 11.8 Å². The van der Waals surface area contributed by atoms with E-state index in [1.165, 1.54) is 11.1 Å². The lowest BCUT2D eigenvalue weighted by atomic mass is 10.1. The second-order valence-corrected chi connectivity index (χ2v) is 7.56. The number of anilines is 2. The number of ether oxygens (including phenoxy) is 1. The summed E-state index contributed by atoms with van der Waals surface area (Å²) in [5.74, 6) is 1.46. The van der Waals surface area contributed by atoms with Crippen molar-refractivity contribution in [1.82, 2.24) is 20.2 Å². The van der Waals surface area contributed by atoms with Gasteiger partial charge in [-0.3, -0.25) is 4.90 Å². The van der Waals surface area contributed by atoms with Crippen molar-refractivity contribution in [3.05, 3.63) is 47.2 Å². The number of nitrogens with zero attached hydrogens (tertiary/aromatic N) is 4. The molecule has 2 aliphatic heterocycles. The summed E-state index contributed by atoms with van der Waals surface area (Å²) in [5.41, 5.74) is 3.63. The van der Waals surface area contributed by atoms with Crippen LogP contribution >= 0.6 is 12.2 Å². The number of fused-ring (bicyclic) bond motifs is 1. The minimum Gasteiger partial charge on any atom is -0.379 e. The Morgan fingerprint density at radius 2 is 1.86 bits per heavy atom. The SMILES string of the molecule is Cc1cc(N2Cc3ccccc3C2)nc(NC(=S)NCCN2CCOCC2)n1. The second kappa shape index (κ2) is 8.81. The monoisotopic (exact) mass is 398 g/mol. The van der Waals surface area contributed by atoms with E-state index in [4.69, 9.17) is 17.0 Å². The van der Waals surface area contributed by atoms with Crippen LogP contribution in [0.25, 0.3) is 0 Å². The molecule has 1 saturated heterocycles. The third-order valence-corrected chi connectivity index (χ3v) is 5.29. The van der Waals surface area contributed by atoms with E-state index < -0.39 is 0 Å². The molecule has 0 spiro atoms. The first-order chi connectivity index (χ1) is 13.7. The minimum atomic E-state index is 0.537. The summed E-state index contributed by atoms with van der Waals surface area (Å²) in [6.45, 7) is 9.01. The molecule has 0 radical (unpaired) electrons. The maximum absolute atomic E-state index is 5.42. The number of rotatable bonds is 5. The molecule has 0 bridgehead atoms. The topological polar surface area (TPSA) is 65.6 Å². The molecule has 2 N–H and O–H groups in total. The van der Waals surface area contributed by atoms with Crippen LogP contribution < -0.4 is 15.5 Å². The minimum absolute atomic E-state index is 0.537. The summed E-state index contributed by atoms with van der Waals surface area (Å²) in [6.07, 6.45) is 0. The molecule has 148 valence electrons. The Morgan fingerprint density at radius 1 is 1.14 bits per heavy atom. The Balaban J connectivity index is 1.33. The first-order valence-electron chi connectivity index (χ1n) is 9.70. The number of thiocarbonyl (C=S) groups is 1. The second-order valence-electron chi connectivity index (χ2n) is 7.15. The predicted octanol–water partition coefficient (Wildman–Crippen LogP) is 1.92. The lowest BCUT2D eigenvalue weighted by Crippen LogP contribution is -2.42. The maximum Gasteiger partial charge on any atom is 0.231 e. The number of nitrogens with one attached hydrogen (secondary N) is 2. The van der Waals surface area contributed by atoms with Crippen LogP contribution in [0.2, 0.25) is 0 Å². The fourth-order valence-corrected chi connectivity index (χ4v) is 3.76. The van der Waals surface area contributed by atoms with Gasteiger partial charge in [0, 0.05) is 51.0 Å². The molecule has 2 aromatic rings. The number of hydrogen-bond donors (Lipinski definition) is 2. The molecule has 3 heterocycles. The molecular weight excluding hydrogens is 372 g/mol. The molecule has 0 unspecified atom stereocenters. The van der Waals surface area contributed by atoms with Crippen LogP contribution in [0.1, 0.15) is 16.8 Å². The third kappa shape index (κ3) is 4.76. The van der Waals surface area contributed by atoms with Gasteiger partial charge >= 0.3 is 0 Å². The average Bonchev–Trinajstić information content (AvgIpc) is 3.13. The molecule has 0 amide bonds. The number of hydrogen-bond acceptors (Lipinski definition) is 6. The van der Waals surface area contributed by atoms with Gasteiger partial charge in [0.15, 0.2) is 5.11 Å². The van der Waals surface area contributed by atoms with E-state index in [1.54, 1.807) is 0 Å². The highest BCUT2D eigenvalue weighted by Crippen LogP contribution is 2.27. The molecule has 0 atom stereocenters. The molecule has 0 saturated carbocycles. The van der Waals surface area contributed by atoms with E-state index >= 15 is 0 Å². The van der Waals surface area contributed by atoms with Crippen molar-refractivity contribution in [2.45, 2.75) is 20.0 Å². The zero-order valence-corrected chi connectivity index (χ0v) is 17.0. The molecule has 1 aromatic carbocycles. The van der Waals surface area contributed by atoms with Gasteiger partial charge in [-0.25, -0.2) is 4.98 Å². The van der Waals surface area contributed by atoms with E-state index in [2.05, 4.69) is 54.7 Å². The van der Waals surface area contributed by atoms with Crippen molar-refractivity contribution in [1.29, 1.82) is 0 Å². The summed E-state index contributed by atoms with van der Waals surface area (Å²) in [7, 11) is 0. The molecular formula is C20H26N6OS. The predicted molar refractivity (Wildman–Crippen MR) is 115 cm³/mol. The molecule has 7 nitrogen and oxygen atoms in total. The van der Waals surface area contributed by atoms with Crippen LogP contribution in [0.3, 0.4) is 0 Å². The highest BCUT2D eigenvalue weighted by molar-refractivity contribution is 7.80. The summed E-state index contributed by atoms with van der Waals surface area (Å²) in [4.78, 5) is 13.8. The summed E-state index contributed by atoms with van der Waals surface area (Å²) in [6, 6.07) is 10.5. The summed E-state index contributed by atoms with van der Waals surface area (Å²) >= 11 is 5.42. The van der Waals surface area contributed by atoms with Crippen LogP contribution in [0.5, 0.6) is 0 Å². The standard InChI is InChI=1S/C20H26N6OS/c1-15-12-18(26-13-16-4-2-3-5-17(16)14-26)23-19(22-15)24-20(28)21-6-7-25-8-10-27-11-9-25/h2-5,12H,6-11,13-14H2,1H3,(H2,21,22,23,24,28). The Hall–Kier alpha value is -2.29. The van der Waals surface area contributed by atoms with Gasteiger partial charge < -0.3 is 20.3 Å². The van der Waals surface area contributed by atoms with Gasteiger partial charge in [-0.2, -0.15) is 4.98 Å². The highest BCUT2D eigenvalue weighted by atomic mass is 32.1. The first-order valence-corrected chi connectivity index (χ1v) is 10.1. The molecule has 1 aromatic heterocycles. The van der Waals surface area contributed by atoms with Crippen LogP contribution in [-0.2, 0) is 17.8 Å². The van der Waals surface area contributed by atoms with Crippen LogP contribution in [-0.4, -0.2) is 59.4 Å². The fraction of sp³-hybridized carbons (Fsp3) is 0.450. The Labute approximate surface area is 171 Å². The van der Waals surface area contributed by atoms with Crippen molar-refractivity contribution in [2.24, 2.45) is 0 Å². The Kier molecular flexibility index (Phi) is 5.99. The van der Waals surface area contributed by atoms with Crippen molar-refractivity contribution in [2.75, 3.05) is 49.6 Å². The fourth-order valence-electron chi connectivity index (χ4n) is 3.56. The molecule has 1 fully saturated rings. The van der Waals surface area contributed by atoms with E-state index in [0.717, 1.165) is 64.0 Å². The number of benzene rings is 1. The normalized spacial score (nSPS) is 16.7. The molecule has 4 rings (SSSR count). The van der Waals surface area contributed by atoms with Gasteiger partial charge in [-0.05, 0) is 30.3 Å². The van der Waals surface area contributed by atoms with E-state index in [0.29, 0.717) is 11.1 Å². The maximum atomic E-state index is 5.42. The number of morpholine rings is 1. The highest BCUT2D eigenvalue weighted by Gasteiger charge is 2.20. The smallest absolute Gasteiger partial charge is 0.231 e. The van der Waals surface area contributed by atoms with Gasteiger partial charge in [0.2, 0.25) is 5.95 Å². The van der Waals surface area contributed by atoms with E-state index in [1.807, 2.05) is 13.0 Å². The molecule has 2 aliphatic rings. The van der Waals surface area contributed by atoms with Crippen molar-refractivity contribution >= 4 is 29.1 Å². The quantitative estimate of drug-likeness (QED) is 0.741. The van der Waals surface area contributed by atoms with E-state index in [9.17, 15) is 0 Å². The zero-order chi connectivity index (χ0) is 19.3. The lowest BCUT2D eigenvalue weighted by molar-refractivity contribution is 0.0389.